The molecule has 0 amide bonds. The SMILES string of the molecule is COC(=O)C(Nc1ccc(C#N)cc1[N+](=O)[O-])C(C)C. The van der Waals surface area contributed by atoms with Crippen molar-refractivity contribution in [1.82, 2.24) is 0 Å². The standard InChI is InChI=1S/C13H15N3O4/c1-8(2)12(13(17)20-3)15-10-5-4-9(7-14)6-11(10)16(18)19/h4-6,8,12,15H,1-3H3. The maximum absolute atomic E-state index is 11.7. The fourth-order valence-electron chi connectivity index (χ4n) is 1.67. The van der Waals surface area contributed by atoms with Gasteiger partial charge < -0.3 is 10.1 Å². The number of nitro groups is 1. The van der Waals surface area contributed by atoms with Crippen molar-refractivity contribution >= 4 is 17.3 Å². The Kier molecular flexibility index (Phi) is 5.03. The molecule has 1 unspecified atom stereocenters. The number of nitriles is 1. The number of benzene rings is 1. The summed E-state index contributed by atoms with van der Waals surface area (Å²) < 4.78 is 4.67. The van der Waals surface area contributed by atoms with Crippen LogP contribution in [0.4, 0.5) is 11.4 Å². The van der Waals surface area contributed by atoms with Crippen molar-refractivity contribution in [2.45, 2.75) is 19.9 Å². The van der Waals surface area contributed by atoms with Gasteiger partial charge in [0.1, 0.15) is 11.7 Å². The summed E-state index contributed by atoms with van der Waals surface area (Å²) in [5.41, 5.74) is 0.109. The molecule has 7 nitrogen and oxygen atoms in total. The van der Waals surface area contributed by atoms with Gasteiger partial charge in [-0.05, 0) is 18.1 Å². The highest BCUT2D eigenvalue weighted by atomic mass is 16.6. The fraction of sp³-hybridized carbons (Fsp3) is 0.385. The van der Waals surface area contributed by atoms with Crippen LogP contribution in [0.5, 0.6) is 0 Å². The highest BCUT2D eigenvalue weighted by Gasteiger charge is 2.26. The summed E-state index contributed by atoms with van der Waals surface area (Å²) in [5, 5.41) is 22.6. The van der Waals surface area contributed by atoms with Gasteiger partial charge in [-0.3, -0.25) is 10.1 Å². The number of hydrogen-bond donors (Lipinski definition) is 1. The number of nitrogens with one attached hydrogen (secondary N) is 1. The molecule has 0 spiro atoms. The van der Waals surface area contributed by atoms with Crippen LogP contribution in [0.2, 0.25) is 0 Å². The van der Waals surface area contributed by atoms with Crippen LogP contribution in [-0.2, 0) is 9.53 Å². The van der Waals surface area contributed by atoms with Gasteiger partial charge in [0.05, 0.1) is 23.7 Å². The Morgan fingerprint density at radius 2 is 2.15 bits per heavy atom. The predicted octanol–water partition coefficient (Wildman–Crippen LogP) is 2.08. The largest absolute Gasteiger partial charge is 0.467 e. The van der Waals surface area contributed by atoms with Gasteiger partial charge in [-0.1, -0.05) is 13.8 Å². The minimum atomic E-state index is -0.702. The van der Waals surface area contributed by atoms with E-state index in [0.29, 0.717) is 0 Å². The third kappa shape index (κ3) is 3.45. The average Bonchev–Trinajstić information content (AvgIpc) is 2.43. The normalized spacial score (nSPS) is 11.6. The van der Waals surface area contributed by atoms with Gasteiger partial charge in [-0.25, -0.2) is 4.79 Å². The zero-order valence-electron chi connectivity index (χ0n) is 11.4. The lowest BCUT2D eigenvalue weighted by Crippen LogP contribution is -2.35. The molecule has 1 atom stereocenters. The van der Waals surface area contributed by atoms with Crippen LogP contribution in [0.1, 0.15) is 19.4 Å². The number of nitrogens with zero attached hydrogens (tertiary/aromatic N) is 2. The minimum Gasteiger partial charge on any atom is -0.467 e. The first-order chi connectivity index (χ1) is 9.40. The molecule has 1 aromatic carbocycles. The van der Waals surface area contributed by atoms with E-state index < -0.39 is 16.9 Å². The molecule has 20 heavy (non-hydrogen) atoms. The summed E-state index contributed by atoms with van der Waals surface area (Å²) in [5.74, 6) is -0.614. The molecule has 0 aliphatic rings. The van der Waals surface area contributed by atoms with Crippen molar-refractivity contribution in [3.05, 3.63) is 33.9 Å². The van der Waals surface area contributed by atoms with E-state index in [-0.39, 0.29) is 22.9 Å². The van der Waals surface area contributed by atoms with Crippen LogP contribution in [0.15, 0.2) is 18.2 Å². The van der Waals surface area contributed by atoms with Crippen molar-refractivity contribution in [3.63, 3.8) is 0 Å². The van der Waals surface area contributed by atoms with Gasteiger partial charge in [0.25, 0.3) is 5.69 Å². The van der Waals surface area contributed by atoms with E-state index in [1.807, 2.05) is 6.07 Å². The first-order valence-corrected chi connectivity index (χ1v) is 5.93. The number of esters is 1. The molecule has 0 aromatic heterocycles. The number of anilines is 1. The number of methoxy groups -OCH3 is 1. The number of nitro benzene ring substituents is 1. The molecule has 1 N–H and O–H groups in total. The first kappa shape index (κ1) is 15.4. The van der Waals surface area contributed by atoms with E-state index in [1.165, 1.54) is 19.2 Å². The van der Waals surface area contributed by atoms with Crippen molar-refractivity contribution in [2.24, 2.45) is 5.92 Å². The Morgan fingerprint density at radius 3 is 2.60 bits per heavy atom. The van der Waals surface area contributed by atoms with Gasteiger partial charge in [0, 0.05) is 6.07 Å². The molecule has 0 fully saturated rings. The van der Waals surface area contributed by atoms with Gasteiger partial charge >= 0.3 is 5.97 Å². The highest BCUT2D eigenvalue weighted by Crippen LogP contribution is 2.27. The van der Waals surface area contributed by atoms with Gasteiger partial charge in [0.15, 0.2) is 0 Å². The summed E-state index contributed by atoms with van der Waals surface area (Å²) in [6.07, 6.45) is 0. The Balaban J connectivity index is 3.16. The third-order valence-corrected chi connectivity index (χ3v) is 2.76. The lowest BCUT2D eigenvalue weighted by molar-refractivity contribution is -0.384. The Labute approximate surface area is 116 Å². The quantitative estimate of drug-likeness (QED) is 0.501. The van der Waals surface area contributed by atoms with Crippen LogP contribution < -0.4 is 5.32 Å². The zero-order valence-corrected chi connectivity index (χ0v) is 11.4. The van der Waals surface area contributed by atoms with Crippen LogP contribution in [-0.4, -0.2) is 24.0 Å². The van der Waals surface area contributed by atoms with E-state index in [1.54, 1.807) is 13.8 Å². The van der Waals surface area contributed by atoms with Gasteiger partial charge in [-0.2, -0.15) is 5.26 Å². The van der Waals surface area contributed by atoms with Gasteiger partial charge in [-0.15, -0.1) is 0 Å². The van der Waals surface area contributed by atoms with E-state index >= 15 is 0 Å². The van der Waals surface area contributed by atoms with E-state index in [4.69, 9.17) is 5.26 Å². The number of hydrogen-bond acceptors (Lipinski definition) is 6. The summed E-state index contributed by atoms with van der Waals surface area (Å²) in [6.45, 7) is 3.59. The van der Waals surface area contributed by atoms with Gasteiger partial charge in [0.2, 0.25) is 0 Å². The van der Waals surface area contributed by atoms with Crippen LogP contribution in [0, 0.1) is 27.4 Å². The first-order valence-electron chi connectivity index (χ1n) is 5.93. The molecule has 0 saturated carbocycles. The number of carbonyl (C=O) groups excluding carboxylic acids is 1. The van der Waals surface area contributed by atoms with Crippen molar-refractivity contribution in [1.29, 1.82) is 5.26 Å². The second-order valence-electron chi connectivity index (χ2n) is 4.49. The molecule has 0 aliphatic carbocycles. The van der Waals surface area contributed by atoms with Crippen molar-refractivity contribution in [3.8, 4) is 6.07 Å². The molecule has 106 valence electrons. The molecule has 1 rings (SSSR count). The topological polar surface area (TPSA) is 105 Å². The molecule has 0 heterocycles. The van der Waals surface area contributed by atoms with Crippen molar-refractivity contribution < 1.29 is 14.5 Å². The Bertz CT molecular complexity index is 563. The van der Waals surface area contributed by atoms with Crippen LogP contribution in [0.25, 0.3) is 0 Å². The highest BCUT2D eigenvalue weighted by molar-refractivity contribution is 5.81. The second kappa shape index (κ2) is 6.52. The minimum absolute atomic E-state index is 0.113. The fourth-order valence-corrected chi connectivity index (χ4v) is 1.67. The molecule has 1 aromatic rings. The van der Waals surface area contributed by atoms with Crippen LogP contribution in [0.3, 0.4) is 0 Å². The average molecular weight is 277 g/mol. The lowest BCUT2D eigenvalue weighted by atomic mass is 10.0. The molecule has 0 radical (unpaired) electrons. The maximum Gasteiger partial charge on any atom is 0.328 e. The number of carbonyl (C=O) groups is 1. The second-order valence-corrected chi connectivity index (χ2v) is 4.49. The number of ether oxygens (including phenoxy) is 1. The van der Waals surface area contributed by atoms with E-state index in [0.717, 1.165) is 6.07 Å². The molecular weight excluding hydrogens is 262 g/mol. The summed E-state index contributed by atoms with van der Waals surface area (Å²) in [6, 6.07) is 5.16. The predicted molar refractivity (Wildman–Crippen MR) is 72.1 cm³/mol. The summed E-state index contributed by atoms with van der Waals surface area (Å²) >= 11 is 0. The van der Waals surface area contributed by atoms with E-state index in [2.05, 4.69) is 10.1 Å². The Morgan fingerprint density at radius 1 is 1.50 bits per heavy atom. The monoisotopic (exact) mass is 277 g/mol. The summed E-state index contributed by atoms with van der Waals surface area (Å²) in [7, 11) is 1.26. The lowest BCUT2D eigenvalue weighted by Gasteiger charge is -2.20. The smallest absolute Gasteiger partial charge is 0.328 e. The molecule has 0 saturated heterocycles. The zero-order chi connectivity index (χ0) is 15.3. The molecule has 0 bridgehead atoms. The van der Waals surface area contributed by atoms with Crippen molar-refractivity contribution in [2.75, 3.05) is 12.4 Å². The van der Waals surface area contributed by atoms with E-state index in [9.17, 15) is 14.9 Å². The number of rotatable bonds is 5. The maximum atomic E-state index is 11.7. The molecule has 7 heteroatoms. The van der Waals surface area contributed by atoms with Crippen LogP contribution >= 0.6 is 0 Å². The molecule has 0 aliphatic heterocycles. The Hall–Kier alpha value is -2.62. The molecular formula is C13H15N3O4. The third-order valence-electron chi connectivity index (χ3n) is 2.76. The summed E-state index contributed by atoms with van der Waals surface area (Å²) in [4.78, 5) is 22.1.